The van der Waals surface area contributed by atoms with Gasteiger partial charge in [0, 0.05) is 42.6 Å². The molecule has 0 bridgehead atoms. The molecule has 2 saturated heterocycles. The van der Waals surface area contributed by atoms with Crippen LogP contribution in [-0.2, 0) is 19.1 Å². The van der Waals surface area contributed by atoms with Crippen molar-refractivity contribution in [2.45, 2.75) is 84.0 Å². The summed E-state index contributed by atoms with van der Waals surface area (Å²) in [5.74, 6) is 12.3. The molecule has 1 aromatic carbocycles. The first-order chi connectivity index (χ1) is 25.0. The average Bonchev–Trinajstić information content (AvgIpc) is 3.97. The van der Waals surface area contributed by atoms with E-state index in [1.54, 1.807) is 17.3 Å². The van der Waals surface area contributed by atoms with Crippen molar-refractivity contribution >= 4 is 29.7 Å². The molecule has 0 spiro atoms. The van der Waals surface area contributed by atoms with Gasteiger partial charge in [0.1, 0.15) is 17.9 Å². The van der Waals surface area contributed by atoms with Crippen molar-refractivity contribution in [3.63, 3.8) is 0 Å². The molecule has 52 heavy (non-hydrogen) atoms. The number of nitrogens with one attached hydrogen (secondary N) is 3. The number of aromatic nitrogens is 2. The van der Waals surface area contributed by atoms with E-state index in [-0.39, 0.29) is 35.7 Å². The molecular formula is C39H47N7O6. The third-order valence-electron chi connectivity index (χ3n) is 9.60. The predicted octanol–water partition coefficient (Wildman–Crippen LogP) is 4.58. The SMILES string of the molecule is COC(=O)N[C@@H](C(=O)N1CCC[C@H]1C1=NC=C(C#CC#Cc2ccc(-c3cnc([C@@H]4CCCN4C(=O)[C@H](NC(=O)OC)C(C)C)[nH]3)cc2)C1)C(C)C. The number of carbonyl (C=O) groups is 4. The van der Waals surface area contributed by atoms with E-state index < -0.39 is 24.3 Å². The van der Waals surface area contributed by atoms with E-state index in [9.17, 15) is 19.2 Å². The van der Waals surface area contributed by atoms with Gasteiger partial charge in [0.2, 0.25) is 11.8 Å². The molecule has 5 rings (SSSR count). The predicted molar refractivity (Wildman–Crippen MR) is 196 cm³/mol. The number of aromatic amines is 1. The molecule has 2 aromatic rings. The van der Waals surface area contributed by atoms with Crippen LogP contribution in [0.5, 0.6) is 0 Å². The van der Waals surface area contributed by atoms with Gasteiger partial charge in [-0.05, 0) is 67.1 Å². The number of benzene rings is 1. The molecule has 1 aromatic heterocycles. The fourth-order valence-corrected chi connectivity index (χ4v) is 6.78. The molecule has 3 aliphatic heterocycles. The second-order valence-corrected chi connectivity index (χ2v) is 13.8. The molecule has 0 radical (unpaired) electrons. The topological polar surface area (TPSA) is 158 Å². The number of methoxy groups -OCH3 is 2. The maximum atomic E-state index is 13.5. The standard InChI is InChI=1S/C39H47N7O6/c1-24(2)33(43-38(49)51-5)36(47)45-19-9-13-31(45)29-21-27(22-40-29)12-8-7-11-26-15-17-28(18-16-26)30-23-41-35(42-30)32-14-10-20-46(32)37(48)34(25(3)4)44-39(50)52-6/h15-18,22-25,31-34H,9-10,13-14,19-21H2,1-6H3,(H,41,42)(H,43,49)(H,44,50)/t31-,32-,33+,34+/m0/s1. The summed E-state index contributed by atoms with van der Waals surface area (Å²) in [7, 11) is 2.56. The molecule has 4 heterocycles. The summed E-state index contributed by atoms with van der Waals surface area (Å²) in [4.78, 5) is 66.8. The van der Waals surface area contributed by atoms with Gasteiger partial charge in [-0.2, -0.15) is 0 Å². The third kappa shape index (κ3) is 8.83. The smallest absolute Gasteiger partial charge is 0.407 e. The first-order valence-corrected chi connectivity index (χ1v) is 17.7. The van der Waals surface area contributed by atoms with E-state index in [0.29, 0.717) is 25.3 Å². The maximum absolute atomic E-state index is 13.5. The van der Waals surface area contributed by atoms with Gasteiger partial charge in [-0.3, -0.25) is 14.6 Å². The molecule has 274 valence electrons. The monoisotopic (exact) mass is 709 g/mol. The van der Waals surface area contributed by atoms with E-state index in [0.717, 1.165) is 53.8 Å². The lowest BCUT2D eigenvalue weighted by molar-refractivity contribution is -0.135. The van der Waals surface area contributed by atoms with Gasteiger partial charge in [-0.25, -0.2) is 14.6 Å². The normalized spacial score (nSPS) is 19.2. The summed E-state index contributed by atoms with van der Waals surface area (Å²) >= 11 is 0. The van der Waals surface area contributed by atoms with Crippen LogP contribution >= 0.6 is 0 Å². The minimum absolute atomic E-state index is 0.0968. The minimum Gasteiger partial charge on any atom is -0.453 e. The van der Waals surface area contributed by atoms with Crippen LogP contribution in [0.1, 0.15) is 77.2 Å². The number of allylic oxidation sites excluding steroid dienone is 1. The Kier molecular flexibility index (Phi) is 12.4. The van der Waals surface area contributed by atoms with E-state index >= 15 is 0 Å². The van der Waals surface area contributed by atoms with Crippen molar-refractivity contribution in [3.8, 4) is 34.9 Å². The Balaban J connectivity index is 1.16. The minimum atomic E-state index is -0.691. The number of hydrogen-bond donors (Lipinski definition) is 3. The Labute approximate surface area is 305 Å². The van der Waals surface area contributed by atoms with Crippen molar-refractivity contribution in [2.24, 2.45) is 16.8 Å². The summed E-state index contributed by atoms with van der Waals surface area (Å²) in [5.41, 5.74) is 4.29. The highest BCUT2D eigenvalue weighted by Gasteiger charge is 2.39. The summed E-state index contributed by atoms with van der Waals surface area (Å²) in [5, 5.41) is 5.35. The summed E-state index contributed by atoms with van der Waals surface area (Å²) in [6.45, 7) is 8.76. The quantitative estimate of drug-likeness (QED) is 0.322. The molecule has 2 fully saturated rings. The number of rotatable bonds is 9. The van der Waals surface area contributed by atoms with E-state index in [2.05, 4.69) is 49.3 Å². The number of hydrogen-bond acceptors (Lipinski definition) is 8. The number of nitrogens with zero attached hydrogens (tertiary/aromatic N) is 4. The number of H-pyrrole nitrogens is 1. The molecule has 13 nitrogen and oxygen atoms in total. The highest BCUT2D eigenvalue weighted by molar-refractivity contribution is 5.98. The van der Waals surface area contributed by atoms with Crippen molar-refractivity contribution < 1.29 is 28.7 Å². The highest BCUT2D eigenvalue weighted by atomic mass is 16.5. The highest BCUT2D eigenvalue weighted by Crippen LogP contribution is 2.33. The lowest BCUT2D eigenvalue weighted by Gasteiger charge is -2.31. The molecular weight excluding hydrogens is 662 g/mol. The second-order valence-electron chi connectivity index (χ2n) is 13.8. The van der Waals surface area contributed by atoms with E-state index in [4.69, 9.17) is 9.47 Å². The van der Waals surface area contributed by atoms with Gasteiger partial charge in [0.15, 0.2) is 0 Å². The summed E-state index contributed by atoms with van der Waals surface area (Å²) in [6, 6.07) is 6.04. The Morgan fingerprint density at radius 1 is 0.827 bits per heavy atom. The first-order valence-electron chi connectivity index (χ1n) is 17.7. The molecule has 3 aliphatic rings. The number of alkyl carbamates (subject to hydrolysis) is 2. The third-order valence-corrected chi connectivity index (χ3v) is 9.60. The second kappa shape index (κ2) is 17.1. The molecule has 3 N–H and O–H groups in total. The van der Waals surface area contributed by atoms with Crippen LogP contribution in [0.25, 0.3) is 11.3 Å². The van der Waals surface area contributed by atoms with Gasteiger partial charge in [0.25, 0.3) is 0 Å². The number of ether oxygens (including phenoxy) is 2. The van der Waals surface area contributed by atoms with Crippen molar-refractivity contribution in [1.82, 2.24) is 30.4 Å². The molecule has 4 amide bonds. The van der Waals surface area contributed by atoms with Crippen molar-refractivity contribution in [3.05, 3.63) is 53.6 Å². The van der Waals surface area contributed by atoms with Gasteiger partial charge in [-0.1, -0.05) is 51.7 Å². The Morgan fingerprint density at radius 2 is 1.38 bits per heavy atom. The molecule has 0 unspecified atom stereocenters. The number of imidazole rings is 1. The molecule has 0 saturated carbocycles. The van der Waals surface area contributed by atoms with E-state index in [1.807, 2.05) is 56.9 Å². The molecule has 4 atom stereocenters. The summed E-state index contributed by atoms with van der Waals surface area (Å²) < 4.78 is 9.46. The zero-order valence-corrected chi connectivity index (χ0v) is 30.6. The summed E-state index contributed by atoms with van der Waals surface area (Å²) in [6.07, 6.45) is 6.09. The maximum Gasteiger partial charge on any atom is 0.407 e. The van der Waals surface area contributed by atoms with Crippen LogP contribution in [-0.4, -0.2) is 94.9 Å². The van der Waals surface area contributed by atoms with Gasteiger partial charge >= 0.3 is 12.2 Å². The first kappa shape index (κ1) is 37.7. The Hall–Kier alpha value is -5.56. The lowest BCUT2D eigenvalue weighted by Crippen LogP contribution is -2.53. The van der Waals surface area contributed by atoms with Crippen molar-refractivity contribution in [2.75, 3.05) is 27.3 Å². The van der Waals surface area contributed by atoms with Gasteiger partial charge in [-0.15, -0.1) is 0 Å². The number of amides is 4. The van der Waals surface area contributed by atoms with Gasteiger partial charge in [0.05, 0.1) is 38.2 Å². The Morgan fingerprint density at radius 3 is 1.96 bits per heavy atom. The molecule has 0 aliphatic carbocycles. The number of likely N-dealkylation sites (tertiary alicyclic amines) is 2. The van der Waals surface area contributed by atoms with Crippen LogP contribution < -0.4 is 10.6 Å². The van der Waals surface area contributed by atoms with Gasteiger partial charge < -0.3 is 34.9 Å². The van der Waals surface area contributed by atoms with Crippen LogP contribution in [0.15, 0.2) is 47.2 Å². The fraction of sp³-hybridized carbons (Fsp3) is 0.487. The Bertz CT molecular complexity index is 1840. The largest absolute Gasteiger partial charge is 0.453 e. The zero-order chi connectivity index (χ0) is 37.4. The van der Waals surface area contributed by atoms with Crippen LogP contribution in [0.2, 0.25) is 0 Å². The van der Waals surface area contributed by atoms with Crippen LogP contribution in [0.3, 0.4) is 0 Å². The van der Waals surface area contributed by atoms with E-state index in [1.165, 1.54) is 14.2 Å². The fourth-order valence-electron chi connectivity index (χ4n) is 6.78. The van der Waals surface area contributed by atoms with Crippen LogP contribution in [0, 0.1) is 35.5 Å². The lowest BCUT2D eigenvalue weighted by atomic mass is 10.00. The zero-order valence-electron chi connectivity index (χ0n) is 30.6. The van der Waals surface area contributed by atoms with Crippen molar-refractivity contribution in [1.29, 1.82) is 0 Å². The molecule has 13 heteroatoms. The number of carbonyl (C=O) groups excluding carboxylic acids is 4. The average molecular weight is 710 g/mol. The van der Waals surface area contributed by atoms with Crippen LogP contribution in [0.4, 0.5) is 9.59 Å². The number of aliphatic imine (C=N–C) groups is 1.